The van der Waals surface area contributed by atoms with Gasteiger partial charge in [0.2, 0.25) is 0 Å². The molecule has 3 rings (SSSR count). The molecule has 0 atom stereocenters. The van der Waals surface area contributed by atoms with Crippen molar-refractivity contribution in [3.8, 4) is 10.6 Å². The van der Waals surface area contributed by atoms with Crippen LogP contribution in [0.4, 0.5) is 0 Å². The molecule has 0 aliphatic carbocycles. The van der Waals surface area contributed by atoms with Gasteiger partial charge in [0.1, 0.15) is 5.01 Å². The fraction of sp³-hybridized carbons (Fsp3) is 0.0833. The van der Waals surface area contributed by atoms with Crippen LogP contribution in [0.3, 0.4) is 0 Å². The molecule has 90 valence electrons. The molecule has 5 nitrogen and oxygen atoms in total. The third kappa shape index (κ3) is 1.98. The number of carbonyl (C=O) groups is 1. The van der Waals surface area contributed by atoms with Crippen LogP contribution in [0.5, 0.6) is 0 Å². The summed E-state index contributed by atoms with van der Waals surface area (Å²) in [5.41, 5.74) is 2.82. The summed E-state index contributed by atoms with van der Waals surface area (Å²) in [5, 5.41) is 9.55. The second-order valence-electron chi connectivity index (χ2n) is 3.84. The van der Waals surface area contributed by atoms with Crippen molar-refractivity contribution in [3.63, 3.8) is 0 Å². The third-order valence-corrected chi connectivity index (χ3v) is 3.59. The van der Waals surface area contributed by atoms with Crippen molar-refractivity contribution < 1.29 is 9.90 Å². The number of fused-ring (bicyclic) bond motifs is 1. The number of hydrogen-bond acceptors (Lipinski definition) is 4. The SMILES string of the molecule is O=C(O)Cc1cnc(-c2ccc3nc[nH]c3c2)s1. The smallest absolute Gasteiger partial charge is 0.308 e. The van der Waals surface area contributed by atoms with Gasteiger partial charge in [-0.3, -0.25) is 4.79 Å². The van der Waals surface area contributed by atoms with Gasteiger partial charge in [-0.25, -0.2) is 9.97 Å². The lowest BCUT2D eigenvalue weighted by Crippen LogP contribution is -1.97. The minimum absolute atomic E-state index is 0.0178. The van der Waals surface area contributed by atoms with Gasteiger partial charge in [-0.1, -0.05) is 0 Å². The van der Waals surface area contributed by atoms with E-state index in [0.29, 0.717) is 0 Å². The van der Waals surface area contributed by atoms with E-state index >= 15 is 0 Å². The second-order valence-corrected chi connectivity index (χ2v) is 4.95. The number of benzene rings is 1. The van der Waals surface area contributed by atoms with E-state index in [2.05, 4.69) is 15.0 Å². The lowest BCUT2D eigenvalue weighted by atomic mass is 10.2. The summed E-state index contributed by atoms with van der Waals surface area (Å²) in [5.74, 6) is -0.839. The third-order valence-electron chi connectivity index (χ3n) is 2.55. The highest BCUT2D eigenvalue weighted by molar-refractivity contribution is 7.15. The van der Waals surface area contributed by atoms with Gasteiger partial charge in [-0.15, -0.1) is 11.3 Å². The Hall–Kier alpha value is -2.21. The standard InChI is InChI=1S/C12H9N3O2S/c16-11(17)4-8-5-13-12(18-8)7-1-2-9-10(3-7)15-6-14-9/h1-3,5-6H,4H2,(H,14,15)(H,16,17). The molecule has 3 aromatic rings. The Balaban J connectivity index is 1.97. The summed E-state index contributed by atoms with van der Waals surface area (Å²) in [6.07, 6.45) is 3.28. The number of carboxylic acids is 1. The van der Waals surface area contributed by atoms with Gasteiger partial charge in [0.25, 0.3) is 0 Å². The van der Waals surface area contributed by atoms with E-state index in [1.165, 1.54) is 11.3 Å². The zero-order chi connectivity index (χ0) is 12.5. The van der Waals surface area contributed by atoms with Gasteiger partial charge in [0, 0.05) is 16.6 Å². The van der Waals surface area contributed by atoms with E-state index in [1.54, 1.807) is 12.5 Å². The van der Waals surface area contributed by atoms with E-state index in [0.717, 1.165) is 26.5 Å². The van der Waals surface area contributed by atoms with Crippen molar-refractivity contribution in [3.05, 3.63) is 35.6 Å². The molecule has 0 fully saturated rings. The van der Waals surface area contributed by atoms with Crippen LogP contribution in [0.15, 0.2) is 30.7 Å². The Morgan fingerprint density at radius 2 is 2.28 bits per heavy atom. The molecular formula is C12H9N3O2S. The molecule has 1 aromatic carbocycles. The predicted molar refractivity (Wildman–Crippen MR) is 68.5 cm³/mol. The van der Waals surface area contributed by atoms with Crippen LogP contribution in [-0.4, -0.2) is 26.0 Å². The Morgan fingerprint density at radius 1 is 1.39 bits per heavy atom. The molecule has 0 saturated heterocycles. The molecule has 2 heterocycles. The Bertz CT molecular complexity index is 717. The maximum absolute atomic E-state index is 10.6. The number of aromatic amines is 1. The highest BCUT2D eigenvalue weighted by Crippen LogP contribution is 2.27. The maximum Gasteiger partial charge on any atom is 0.308 e. The molecule has 0 spiro atoms. The fourth-order valence-corrected chi connectivity index (χ4v) is 2.64. The first-order valence-corrected chi connectivity index (χ1v) is 6.14. The van der Waals surface area contributed by atoms with Crippen LogP contribution in [0.1, 0.15) is 4.88 Å². The van der Waals surface area contributed by atoms with Crippen molar-refractivity contribution >= 4 is 28.3 Å². The second kappa shape index (κ2) is 4.23. The molecule has 2 aromatic heterocycles. The number of imidazole rings is 1. The molecule has 18 heavy (non-hydrogen) atoms. The lowest BCUT2D eigenvalue weighted by Gasteiger charge is -1.95. The predicted octanol–water partition coefficient (Wildman–Crippen LogP) is 2.31. The van der Waals surface area contributed by atoms with Crippen molar-refractivity contribution in [2.75, 3.05) is 0 Å². The molecular weight excluding hydrogens is 250 g/mol. The maximum atomic E-state index is 10.6. The Kier molecular flexibility index (Phi) is 2.56. The normalized spacial score (nSPS) is 10.9. The summed E-state index contributed by atoms with van der Waals surface area (Å²) < 4.78 is 0. The fourth-order valence-electron chi connectivity index (χ4n) is 1.74. The lowest BCUT2D eigenvalue weighted by molar-refractivity contribution is -0.136. The zero-order valence-corrected chi connectivity index (χ0v) is 10.1. The molecule has 0 unspecified atom stereocenters. The zero-order valence-electron chi connectivity index (χ0n) is 9.25. The number of hydrogen-bond donors (Lipinski definition) is 2. The number of aliphatic carboxylic acids is 1. The Morgan fingerprint density at radius 3 is 3.11 bits per heavy atom. The number of H-pyrrole nitrogens is 1. The van der Waals surface area contributed by atoms with Gasteiger partial charge in [-0.05, 0) is 18.2 Å². The number of rotatable bonds is 3. The minimum Gasteiger partial charge on any atom is -0.481 e. The van der Waals surface area contributed by atoms with Crippen LogP contribution in [0, 0.1) is 0 Å². The number of aromatic nitrogens is 3. The number of carboxylic acid groups (broad SMARTS) is 1. The van der Waals surface area contributed by atoms with Gasteiger partial charge in [0.05, 0.1) is 23.8 Å². The molecule has 0 aliphatic rings. The molecule has 0 bridgehead atoms. The molecule has 0 amide bonds. The van der Waals surface area contributed by atoms with Crippen LogP contribution in [-0.2, 0) is 11.2 Å². The first-order valence-electron chi connectivity index (χ1n) is 5.32. The van der Waals surface area contributed by atoms with E-state index in [9.17, 15) is 4.79 Å². The average molecular weight is 259 g/mol. The van der Waals surface area contributed by atoms with Crippen molar-refractivity contribution in [2.45, 2.75) is 6.42 Å². The Labute approximate surface area is 106 Å². The van der Waals surface area contributed by atoms with Crippen LogP contribution >= 0.6 is 11.3 Å². The molecule has 6 heteroatoms. The summed E-state index contributed by atoms with van der Waals surface area (Å²) in [6.45, 7) is 0. The van der Waals surface area contributed by atoms with Crippen LogP contribution in [0.25, 0.3) is 21.6 Å². The quantitative estimate of drug-likeness (QED) is 0.756. The van der Waals surface area contributed by atoms with Gasteiger partial charge < -0.3 is 10.1 Å². The van der Waals surface area contributed by atoms with Gasteiger partial charge in [0.15, 0.2) is 0 Å². The highest BCUT2D eigenvalue weighted by atomic mass is 32.1. The van der Waals surface area contributed by atoms with Gasteiger partial charge >= 0.3 is 5.97 Å². The number of thiazole rings is 1. The first-order chi connectivity index (χ1) is 8.72. The minimum atomic E-state index is -0.839. The van der Waals surface area contributed by atoms with E-state index < -0.39 is 5.97 Å². The monoisotopic (exact) mass is 259 g/mol. The van der Waals surface area contributed by atoms with E-state index in [-0.39, 0.29) is 6.42 Å². The summed E-state index contributed by atoms with van der Waals surface area (Å²) >= 11 is 1.40. The van der Waals surface area contributed by atoms with Crippen molar-refractivity contribution in [1.82, 2.24) is 15.0 Å². The summed E-state index contributed by atoms with van der Waals surface area (Å²) in [7, 11) is 0. The van der Waals surface area contributed by atoms with E-state index in [4.69, 9.17) is 5.11 Å². The number of nitrogens with one attached hydrogen (secondary N) is 1. The van der Waals surface area contributed by atoms with Crippen LogP contribution in [0.2, 0.25) is 0 Å². The average Bonchev–Trinajstić information content (AvgIpc) is 2.95. The largest absolute Gasteiger partial charge is 0.481 e. The number of nitrogens with zero attached hydrogens (tertiary/aromatic N) is 2. The van der Waals surface area contributed by atoms with Crippen molar-refractivity contribution in [2.24, 2.45) is 0 Å². The van der Waals surface area contributed by atoms with E-state index in [1.807, 2.05) is 18.2 Å². The molecule has 0 aliphatic heterocycles. The molecule has 2 N–H and O–H groups in total. The summed E-state index contributed by atoms with van der Waals surface area (Å²) in [4.78, 5) is 22.8. The molecule has 0 radical (unpaired) electrons. The highest BCUT2D eigenvalue weighted by Gasteiger charge is 2.08. The van der Waals surface area contributed by atoms with Crippen LogP contribution < -0.4 is 0 Å². The topological polar surface area (TPSA) is 78.9 Å². The van der Waals surface area contributed by atoms with Crippen molar-refractivity contribution in [1.29, 1.82) is 0 Å². The van der Waals surface area contributed by atoms with Gasteiger partial charge in [-0.2, -0.15) is 0 Å². The first kappa shape index (κ1) is 10.9. The molecule has 0 saturated carbocycles. The summed E-state index contributed by atoms with van der Waals surface area (Å²) in [6, 6.07) is 5.82.